The molecule has 144 valence electrons. The molecule has 1 fully saturated rings. The second-order valence-electron chi connectivity index (χ2n) is 5.97. The molecule has 1 N–H and O–H groups in total. The van der Waals surface area contributed by atoms with Gasteiger partial charge in [-0.25, -0.2) is 0 Å². The minimum Gasteiger partial charge on any atom is -0.467 e. The van der Waals surface area contributed by atoms with E-state index in [0.29, 0.717) is 34.7 Å². The number of hydrogen-bond donors (Lipinski definition) is 1. The zero-order valence-electron chi connectivity index (χ0n) is 14.5. The molecule has 1 unspecified atom stereocenters. The number of amides is 1. The fourth-order valence-corrected chi connectivity index (χ4v) is 4.85. The molecule has 3 aromatic rings. The Bertz CT molecular complexity index is 991. The molecular weight excluding hydrogens is 402 g/mol. The number of nitrogens with zero attached hydrogens (tertiary/aromatic N) is 4. The smallest absolute Gasteiger partial charge is 0.271 e. The summed E-state index contributed by atoms with van der Waals surface area (Å²) < 4.78 is 5.95. The molecule has 1 aliphatic rings. The molecule has 0 saturated carbocycles. The summed E-state index contributed by atoms with van der Waals surface area (Å²) in [6.45, 7) is 1.02. The van der Waals surface area contributed by atoms with Crippen LogP contribution in [-0.2, 0) is 11.3 Å². The van der Waals surface area contributed by atoms with Crippen LogP contribution in [0.2, 0.25) is 0 Å². The highest BCUT2D eigenvalue weighted by Gasteiger charge is 2.34. The molecule has 1 saturated heterocycles. The number of carbonyl (C=O) groups excluding carboxylic acids is 1. The number of thioether (sulfide) groups is 1. The Morgan fingerprint density at radius 2 is 2.25 bits per heavy atom. The molecule has 4 rings (SSSR count). The second-order valence-corrected chi connectivity index (χ2v) is 8.40. The van der Waals surface area contributed by atoms with Gasteiger partial charge in [0.1, 0.15) is 5.76 Å². The third kappa shape index (κ3) is 3.99. The fourth-order valence-electron chi connectivity index (χ4n) is 2.82. The van der Waals surface area contributed by atoms with Crippen molar-refractivity contribution < 1.29 is 14.1 Å². The van der Waals surface area contributed by atoms with E-state index >= 15 is 0 Å². The zero-order valence-corrected chi connectivity index (χ0v) is 16.1. The Morgan fingerprint density at radius 3 is 3.04 bits per heavy atom. The van der Waals surface area contributed by atoms with Crippen molar-refractivity contribution in [1.82, 2.24) is 10.2 Å². The Kier molecular flexibility index (Phi) is 5.26. The Hall–Kier alpha value is -2.92. The van der Waals surface area contributed by atoms with Gasteiger partial charge in [-0.05, 0) is 24.6 Å². The third-order valence-electron chi connectivity index (χ3n) is 4.15. The second kappa shape index (κ2) is 7.98. The minimum atomic E-state index is -0.464. The summed E-state index contributed by atoms with van der Waals surface area (Å²) in [6.07, 6.45) is 2.25. The normalized spacial score (nSPS) is 16.5. The van der Waals surface area contributed by atoms with Crippen molar-refractivity contribution in [2.24, 2.45) is 0 Å². The van der Waals surface area contributed by atoms with Gasteiger partial charge in [0.2, 0.25) is 11.0 Å². The van der Waals surface area contributed by atoms with E-state index in [1.54, 1.807) is 23.3 Å². The Morgan fingerprint density at radius 1 is 1.36 bits per heavy atom. The van der Waals surface area contributed by atoms with Gasteiger partial charge in [0.15, 0.2) is 4.34 Å². The van der Waals surface area contributed by atoms with Crippen LogP contribution in [0.4, 0.5) is 16.5 Å². The first kappa shape index (κ1) is 18.4. The molecule has 9 nitrogen and oxygen atoms in total. The lowest BCUT2D eigenvalue weighted by molar-refractivity contribution is -0.384. The molecule has 1 aromatic carbocycles. The summed E-state index contributed by atoms with van der Waals surface area (Å²) in [5, 5.41) is 22.7. The number of benzene rings is 1. The number of nitro groups is 1. The van der Waals surface area contributed by atoms with Crippen LogP contribution in [0.15, 0.2) is 51.4 Å². The number of furan rings is 1. The van der Waals surface area contributed by atoms with Crippen molar-refractivity contribution in [3.63, 3.8) is 0 Å². The molecule has 1 aliphatic heterocycles. The van der Waals surface area contributed by atoms with Crippen molar-refractivity contribution >= 4 is 45.5 Å². The number of nitro benzene ring substituents is 1. The van der Waals surface area contributed by atoms with E-state index in [1.165, 1.54) is 35.2 Å². The van der Waals surface area contributed by atoms with Crippen molar-refractivity contribution in [3.8, 4) is 0 Å². The molecule has 2 aromatic heterocycles. The lowest BCUT2D eigenvalue weighted by atomic mass is 10.2. The SMILES string of the molecule is O=C1C(Sc2nnc(NCc3ccco3)s2)CCN1c1cccc([N+](=O)[O-])c1. The minimum absolute atomic E-state index is 0.0298. The van der Waals surface area contributed by atoms with Gasteiger partial charge >= 0.3 is 0 Å². The zero-order chi connectivity index (χ0) is 19.5. The van der Waals surface area contributed by atoms with E-state index in [0.717, 1.165) is 5.76 Å². The lowest BCUT2D eigenvalue weighted by Gasteiger charge is -2.16. The number of aromatic nitrogens is 2. The van der Waals surface area contributed by atoms with Gasteiger partial charge in [-0.15, -0.1) is 10.2 Å². The summed E-state index contributed by atoms with van der Waals surface area (Å²) >= 11 is 2.74. The summed E-state index contributed by atoms with van der Waals surface area (Å²) in [5.74, 6) is 0.716. The number of rotatable bonds is 7. The van der Waals surface area contributed by atoms with Gasteiger partial charge in [0, 0.05) is 18.7 Å². The average Bonchev–Trinajstić information content (AvgIpc) is 3.43. The molecule has 1 atom stereocenters. The summed E-state index contributed by atoms with van der Waals surface area (Å²) in [5.41, 5.74) is 0.512. The molecule has 0 aliphatic carbocycles. The summed E-state index contributed by atoms with van der Waals surface area (Å²) in [4.78, 5) is 24.8. The van der Waals surface area contributed by atoms with Gasteiger partial charge in [-0.3, -0.25) is 14.9 Å². The maximum Gasteiger partial charge on any atom is 0.271 e. The van der Waals surface area contributed by atoms with E-state index in [-0.39, 0.29) is 16.8 Å². The number of non-ortho nitro benzene ring substituents is 1. The van der Waals surface area contributed by atoms with Crippen LogP contribution in [-0.4, -0.2) is 32.8 Å². The van der Waals surface area contributed by atoms with Crippen LogP contribution in [0.1, 0.15) is 12.2 Å². The van der Waals surface area contributed by atoms with Gasteiger partial charge in [-0.2, -0.15) is 0 Å². The first-order valence-corrected chi connectivity index (χ1v) is 10.1. The van der Waals surface area contributed by atoms with E-state index in [2.05, 4.69) is 15.5 Å². The monoisotopic (exact) mass is 417 g/mol. The predicted octanol–water partition coefficient (Wildman–Crippen LogP) is 3.55. The quantitative estimate of drug-likeness (QED) is 0.458. The lowest BCUT2D eigenvalue weighted by Crippen LogP contribution is -2.27. The molecule has 0 bridgehead atoms. The predicted molar refractivity (Wildman–Crippen MR) is 106 cm³/mol. The van der Waals surface area contributed by atoms with Crippen LogP contribution >= 0.6 is 23.1 Å². The average molecular weight is 417 g/mol. The summed E-state index contributed by atoms with van der Waals surface area (Å²) in [7, 11) is 0. The highest BCUT2D eigenvalue weighted by molar-refractivity contribution is 8.02. The highest BCUT2D eigenvalue weighted by atomic mass is 32.2. The number of anilines is 2. The van der Waals surface area contributed by atoms with Gasteiger partial charge in [-0.1, -0.05) is 29.2 Å². The van der Waals surface area contributed by atoms with Crippen molar-refractivity contribution in [2.45, 2.75) is 22.6 Å². The van der Waals surface area contributed by atoms with Gasteiger partial charge in [0.25, 0.3) is 5.69 Å². The molecule has 1 amide bonds. The van der Waals surface area contributed by atoms with Gasteiger partial charge in [0.05, 0.1) is 28.7 Å². The maximum absolute atomic E-state index is 12.7. The Balaban J connectivity index is 1.38. The van der Waals surface area contributed by atoms with Crippen molar-refractivity contribution in [1.29, 1.82) is 0 Å². The third-order valence-corrected chi connectivity index (χ3v) is 6.37. The topological polar surface area (TPSA) is 114 Å². The standard InChI is InChI=1S/C17H15N5O4S2/c23-15-14(6-7-21(15)11-3-1-4-12(9-11)22(24)25)27-17-20-19-16(28-17)18-10-13-5-2-8-26-13/h1-5,8-9,14H,6-7,10H2,(H,18,19). The number of hydrogen-bond acceptors (Lipinski definition) is 9. The Labute approximate surface area is 167 Å². The van der Waals surface area contributed by atoms with E-state index in [4.69, 9.17) is 4.42 Å². The number of nitrogens with one attached hydrogen (secondary N) is 1. The van der Waals surface area contributed by atoms with E-state index < -0.39 is 4.92 Å². The van der Waals surface area contributed by atoms with Crippen LogP contribution in [0, 0.1) is 10.1 Å². The van der Waals surface area contributed by atoms with Crippen LogP contribution < -0.4 is 10.2 Å². The largest absolute Gasteiger partial charge is 0.467 e. The molecule has 0 radical (unpaired) electrons. The summed E-state index contributed by atoms with van der Waals surface area (Å²) in [6, 6.07) is 9.81. The molecule has 0 spiro atoms. The van der Waals surface area contributed by atoms with E-state index in [1.807, 2.05) is 12.1 Å². The fraction of sp³-hybridized carbons (Fsp3) is 0.235. The molecule has 28 heavy (non-hydrogen) atoms. The molecule has 3 heterocycles. The van der Waals surface area contributed by atoms with Crippen molar-refractivity contribution in [2.75, 3.05) is 16.8 Å². The highest BCUT2D eigenvalue weighted by Crippen LogP contribution is 2.36. The number of carbonyl (C=O) groups is 1. The van der Waals surface area contributed by atoms with E-state index in [9.17, 15) is 14.9 Å². The molecular formula is C17H15N5O4S2. The molecule has 11 heteroatoms. The van der Waals surface area contributed by atoms with Crippen LogP contribution in [0.3, 0.4) is 0 Å². The first-order chi connectivity index (χ1) is 13.6. The van der Waals surface area contributed by atoms with Crippen molar-refractivity contribution in [3.05, 3.63) is 58.5 Å². The van der Waals surface area contributed by atoms with Crippen LogP contribution in [0.5, 0.6) is 0 Å². The van der Waals surface area contributed by atoms with Gasteiger partial charge < -0.3 is 14.6 Å². The van der Waals surface area contributed by atoms with Crippen LogP contribution in [0.25, 0.3) is 0 Å². The first-order valence-electron chi connectivity index (χ1n) is 8.42. The maximum atomic E-state index is 12.7.